The van der Waals surface area contributed by atoms with Crippen molar-refractivity contribution in [3.63, 3.8) is 0 Å². The molecule has 0 aromatic heterocycles. The minimum atomic E-state index is -4.77. The lowest BCUT2D eigenvalue weighted by atomic mass is 10.3. The first-order chi connectivity index (χ1) is 6.32. The minimum Gasteiger partial charge on any atom is -0.282 e. The molecule has 0 amide bonds. The zero-order chi connectivity index (χ0) is 10.9. The van der Waals surface area contributed by atoms with Gasteiger partial charge in [0.1, 0.15) is 10.7 Å². The first kappa shape index (κ1) is 10.5. The van der Waals surface area contributed by atoms with Gasteiger partial charge in [0.05, 0.1) is 4.92 Å². The first-order valence-electron chi connectivity index (χ1n) is 3.24. The average Bonchev–Trinajstić information content (AvgIpc) is 2.02. The number of hydrogen-bond acceptors (Lipinski definition) is 4. The molecule has 6 nitrogen and oxygen atoms in total. The van der Waals surface area contributed by atoms with Gasteiger partial charge in [-0.1, -0.05) is 0 Å². The van der Waals surface area contributed by atoms with E-state index in [-0.39, 0.29) is 0 Å². The Balaban J connectivity index is 3.44. The summed E-state index contributed by atoms with van der Waals surface area (Å²) >= 11 is 0. The van der Waals surface area contributed by atoms with Crippen molar-refractivity contribution >= 4 is 15.8 Å². The summed E-state index contributed by atoms with van der Waals surface area (Å²) in [5.74, 6) is -1.24. The molecular formula is C6H4FNO5S. The van der Waals surface area contributed by atoms with Crippen LogP contribution in [0.5, 0.6) is 0 Å². The molecule has 0 unspecified atom stereocenters. The predicted molar refractivity (Wildman–Crippen MR) is 42.9 cm³/mol. The number of benzene rings is 1. The van der Waals surface area contributed by atoms with Crippen LogP contribution in [0.3, 0.4) is 0 Å². The molecule has 0 aliphatic heterocycles. The van der Waals surface area contributed by atoms with E-state index in [1.54, 1.807) is 0 Å². The minimum absolute atomic E-state index is 0.449. The smallest absolute Gasteiger partial charge is 0.282 e. The van der Waals surface area contributed by atoms with Crippen LogP contribution in [-0.2, 0) is 10.1 Å². The summed E-state index contributed by atoms with van der Waals surface area (Å²) in [5, 5.41) is 10.2. The van der Waals surface area contributed by atoms with E-state index in [2.05, 4.69) is 0 Å². The van der Waals surface area contributed by atoms with Crippen molar-refractivity contribution in [1.29, 1.82) is 0 Å². The van der Waals surface area contributed by atoms with Gasteiger partial charge in [-0.25, -0.2) is 4.39 Å². The van der Waals surface area contributed by atoms with E-state index in [0.29, 0.717) is 12.1 Å². The van der Waals surface area contributed by atoms with Crippen LogP contribution in [0.15, 0.2) is 23.1 Å². The van der Waals surface area contributed by atoms with Crippen molar-refractivity contribution in [3.05, 3.63) is 34.1 Å². The maximum Gasteiger partial charge on any atom is 0.297 e. The highest BCUT2D eigenvalue weighted by Crippen LogP contribution is 2.20. The van der Waals surface area contributed by atoms with Crippen molar-refractivity contribution in [1.82, 2.24) is 0 Å². The van der Waals surface area contributed by atoms with Crippen LogP contribution in [0.2, 0.25) is 0 Å². The number of hydrogen-bond donors (Lipinski definition) is 1. The highest BCUT2D eigenvalue weighted by molar-refractivity contribution is 7.85. The van der Waals surface area contributed by atoms with Crippen molar-refractivity contribution in [2.75, 3.05) is 0 Å². The summed E-state index contributed by atoms with van der Waals surface area (Å²) < 4.78 is 42.3. The van der Waals surface area contributed by atoms with Gasteiger partial charge >= 0.3 is 0 Å². The quantitative estimate of drug-likeness (QED) is 0.456. The predicted octanol–water partition coefficient (Wildman–Crippen LogP) is 0.981. The molecule has 0 aliphatic rings. The van der Waals surface area contributed by atoms with Gasteiger partial charge < -0.3 is 0 Å². The maximum absolute atomic E-state index is 12.8. The fraction of sp³-hybridized carbons (Fsp3) is 0. The Morgan fingerprint density at radius 1 is 1.43 bits per heavy atom. The van der Waals surface area contributed by atoms with Crippen LogP contribution in [-0.4, -0.2) is 17.9 Å². The molecule has 1 rings (SSSR count). The standard InChI is InChI=1S/C6H4FNO5S/c7-5-2-1-4(8(9)10)3-6(5)14(11,12)13/h1-3H,(H,11,12,13). The van der Waals surface area contributed by atoms with Crippen molar-refractivity contribution in [3.8, 4) is 0 Å². The Kier molecular flexibility index (Phi) is 2.49. The van der Waals surface area contributed by atoms with E-state index in [1.165, 1.54) is 0 Å². The fourth-order valence-corrected chi connectivity index (χ4v) is 1.39. The second kappa shape index (κ2) is 3.31. The second-order valence-electron chi connectivity index (χ2n) is 2.35. The topological polar surface area (TPSA) is 97.5 Å². The van der Waals surface area contributed by atoms with Crippen LogP contribution in [0.1, 0.15) is 0 Å². The van der Waals surface area contributed by atoms with E-state index >= 15 is 0 Å². The second-order valence-corrected chi connectivity index (χ2v) is 3.74. The average molecular weight is 221 g/mol. The SMILES string of the molecule is O=[N+]([O-])c1ccc(F)c(S(=O)(=O)O)c1. The van der Waals surface area contributed by atoms with Gasteiger partial charge in [0.2, 0.25) is 0 Å². The molecule has 0 atom stereocenters. The summed E-state index contributed by atoms with van der Waals surface area (Å²) in [6.45, 7) is 0. The number of rotatable bonds is 2. The highest BCUT2D eigenvalue weighted by Gasteiger charge is 2.19. The highest BCUT2D eigenvalue weighted by atomic mass is 32.2. The molecule has 0 spiro atoms. The normalized spacial score (nSPS) is 11.3. The van der Waals surface area contributed by atoms with Gasteiger partial charge in [-0.2, -0.15) is 8.42 Å². The fourth-order valence-electron chi connectivity index (χ4n) is 0.803. The molecule has 0 fully saturated rings. The molecule has 1 N–H and O–H groups in total. The number of nitrogens with zero attached hydrogens (tertiary/aromatic N) is 1. The number of non-ortho nitro benzene ring substituents is 1. The summed E-state index contributed by atoms with van der Waals surface area (Å²) in [7, 11) is -4.77. The third kappa shape index (κ3) is 2.03. The number of halogens is 1. The third-order valence-corrected chi connectivity index (χ3v) is 2.27. The lowest BCUT2D eigenvalue weighted by Gasteiger charge is -1.98. The lowest BCUT2D eigenvalue weighted by Crippen LogP contribution is -2.02. The van der Waals surface area contributed by atoms with E-state index in [1.807, 2.05) is 0 Å². The van der Waals surface area contributed by atoms with Gasteiger partial charge in [-0.05, 0) is 6.07 Å². The molecule has 14 heavy (non-hydrogen) atoms. The molecule has 1 aromatic carbocycles. The maximum atomic E-state index is 12.8. The molecule has 0 aliphatic carbocycles. The third-order valence-electron chi connectivity index (χ3n) is 1.40. The summed E-state index contributed by atoms with van der Waals surface area (Å²) in [6.07, 6.45) is 0. The Morgan fingerprint density at radius 2 is 2.00 bits per heavy atom. The first-order valence-corrected chi connectivity index (χ1v) is 4.68. The molecule has 0 saturated carbocycles. The molecule has 8 heteroatoms. The van der Waals surface area contributed by atoms with Crippen LogP contribution in [0.4, 0.5) is 10.1 Å². The Labute approximate surface area is 77.9 Å². The van der Waals surface area contributed by atoms with E-state index in [0.717, 1.165) is 6.07 Å². The summed E-state index contributed by atoms with van der Waals surface area (Å²) in [6, 6.07) is 1.84. The molecule has 0 bridgehead atoms. The zero-order valence-corrected chi connectivity index (χ0v) is 7.36. The van der Waals surface area contributed by atoms with Gasteiger partial charge in [0, 0.05) is 12.1 Å². The van der Waals surface area contributed by atoms with Gasteiger partial charge in [-0.15, -0.1) is 0 Å². The van der Waals surface area contributed by atoms with Crippen molar-refractivity contribution in [2.45, 2.75) is 4.90 Å². The number of nitro benzene ring substituents is 1. The number of nitro groups is 1. The monoisotopic (exact) mass is 221 g/mol. The van der Waals surface area contributed by atoms with Crippen molar-refractivity contribution in [2.24, 2.45) is 0 Å². The summed E-state index contributed by atoms with van der Waals surface area (Å²) in [5.41, 5.74) is -0.612. The Bertz CT molecular complexity index is 483. The molecule has 0 heterocycles. The van der Waals surface area contributed by atoms with Gasteiger partial charge in [0.25, 0.3) is 15.8 Å². The van der Waals surface area contributed by atoms with E-state index in [4.69, 9.17) is 4.55 Å². The molecular weight excluding hydrogens is 217 g/mol. The van der Waals surface area contributed by atoms with Crippen LogP contribution >= 0.6 is 0 Å². The largest absolute Gasteiger partial charge is 0.297 e. The molecule has 76 valence electrons. The molecule has 0 saturated heterocycles. The summed E-state index contributed by atoms with van der Waals surface area (Å²) in [4.78, 5) is 8.20. The molecule has 1 aromatic rings. The van der Waals surface area contributed by atoms with E-state index < -0.39 is 31.4 Å². The van der Waals surface area contributed by atoms with Crippen LogP contribution in [0, 0.1) is 15.9 Å². The Morgan fingerprint density at radius 3 is 2.43 bits per heavy atom. The van der Waals surface area contributed by atoms with Crippen LogP contribution < -0.4 is 0 Å². The molecule has 0 radical (unpaired) electrons. The van der Waals surface area contributed by atoms with Crippen molar-refractivity contribution < 1.29 is 22.3 Å². The van der Waals surface area contributed by atoms with Crippen LogP contribution in [0.25, 0.3) is 0 Å². The zero-order valence-electron chi connectivity index (χ0n) is 6.55. The van der Waals surface area contributed by atoms with Gasteiger partial charge in [0.15, 0.2) is 0 Å². The Hall–Kier alpha value is -1.54. The lowest BCUT2D eigenvalue weighted by molar-refractivity contribution is -0.385. The van der Waals surface area contributed by atoms with E-state index in [9.17, 15) is 22.9 Å². The van der Waals surface area contributed by atoms with Gasteiger partial charge in [-0.3, -0.25) is 14.7 Å².